The Morgan fingerprint density at radius 1 is 1.30 bits per heavy atom. The van der Waals surface area contributed by atoms with Gasteiger partial charge in [0.1, 0.15) is 0 Å². The van der Waals surface area contributed by atoms with Crippen molar-refractivity contribution in [2.45, 2.75) is 24.3 Å². The summed E-state index contributed by atoms with van der Waals surface area (Å²) in [5, 5.41) is 9.68. The average molecular weight is 399 g/mol. The topological polar surface area (TPSA) is 111 Å². The van der Waals surface area contributed by atoms with Crippen molar-refractivity contribution in [1.82, 2.24) is 15.5 Å². The number of hydrogen-bond acceptors (Lipinski definition) is 6. The third-order valence-corrected chi connectivity index (χ3v) is 4.92. The molecule has 9 heteroatoms. The Bertz CT molecular complexity index is 720. The largest absolute Gasteiger partial charge is 0.411 e. The summed E-state index contributed by atoms with van der Waals surface area (Å²) in [6.07, 6.45) is 0. The van der Waals surface area contributed by atoms with Gasteiger partial charge in [-0.05, 0) is 34.0 Å². The van der Waals surface area contributed by atoms with Crippen molar-refractivity contribution in [2.75, 3.05) is 0 Å². The first kappa shape index (κ1) is 17.5. The Kier molecular flexibility index (Phi) is 5.78. The number of hydrogen-bond donors (Lipinski definition) is 2. The van der Waals surface area contributed by atoms with Gasteiger partial charge in [0.15, 0.2) is 0 Å². The molecule has 7 nitrogen and oxygen atoms in total. The monoisotopic (exact) mass is 398 g/mol. The molecule has 0 aliphatic carbocycles. The van der Waals surface area contributed by atoms with Crippen LogP contribution in [0, 0.1) is 5.92 Å². The number of nitrogens with two attached hydrogens (primary N) is 1. The van der Waals surface area contributed by atoms with E-state index in [1.807, 2.05) is 38.1 Å². The molecule has 0 aliphatic heterocycles. The van der Waals surface area contributed by atoms with Crippen molar-refractivity contribution in [1.29, 1.82) is 0 Å². The predicted octanol–water partition coefficient (Wildman–Crippen LogP) is 2.81. The molecule has 0 saturated carbocycles. The number of nitrogens with zero attached hydrogens (tertiary/aromatic N) is 2. The number of amides is 3. The molecule has 0 unspecified atom stereocenters. The van der Waals surface area contributed by atoms with Crippen LogP contribution in [0.3, 0.4) is 0 Å². The third kappa shape index (κ3) is 4.55. The highest BCUT2D eigenvalue weighted by atomic mass is 79.9. The summed E-state index contributed by atoms with van der Waals surface area (Å²) in [5.41, 5.74) is 5.74. The van der Waals surface area contributed by atoms with Crippen LogP contribution < -0.4 is 11.1 Å². The Morgan fingerprint density at radius 2 is 2.00 bits per heavy atom. The van der Waals surface area contributed by atoms with E-state index in [-0.39, 0.29) is 11.1 Å². The number of imide groups is 1. The summed E-state index contributed by atoms with van der Waals surface area (Å²) in [7, 11) is 0. The summed E-state index contributed by atoms with van der Waals surface area (Å²) in [4.78, 5) is 22.8. The van der Waals surface area contributed by atoms with Crippen LogP contribution in [-0.4, -0.2) is 27.4 Å². The molecule has 0 saturated heterocycles. The zero-order chi connectivity index (χ0) is 17.0. The van der Waals surface area contributed by atoms with Crippen LogP contribution in [0.25, 0.3) is 11.5 Å². The number of benzene rings is 1. The van der Waals surface area contributed by atoms with Gasteiger partial charge in [-0.3, -0.25) is 10.1 Å². The van der Waals surface area contributed by atoms with E-state index in [1.165, 1.54) is 0 Å². The molecule has 1 heterocycles. The zero-order valence-electron chi connectivity index (χ0n) is 12.4. The maximum absolute atomic E-state index is 12.0. The highest BCUT2D eigenvalue weighted by molar-refractivity contribution is 9.10. The van der Waals surface area contributed by atoms with Crippen molar-refractivity contribution in [3.05, 3.63) is 28.7 Å². The molecule has 0 fully saturated rings. The number of thioether (sulfide) groups is 1. The van der Waals surface area contributed by atoms with E-state index in [0.29, 0.717) is 5.89 Å². The molecule has 2 aromatic rings. The van der Waals surface area contributed by atoms with E-state index in [4.69, 9.17) is 10.2 Å². The summed E-state index contributed by atoms with van der Waals surface area (Å²) in [6, 6.07) is 6.55. The molecule has 0 spiro atoms. The van der Waals surface area contributed by atoms with Crippen LogP contribution >= 0.6 is 27.7 Å². The van der Waals surface area contributed by atoms with Crippen LogP contribution in [0.4, 0.5) is 4.79 Å². The number of carbonyl (C=O) groups excluding carboxylic acids is 2. The molecule has 0 radical (unpaired) electrons. The van der Waals surface area contributed by atoms with Crippen molar-refractivity contribution >= 4 is 39.6 Å². The summed E-state index contributed by atoms with van der Waals surface area (Å²) < 4.78 is 6.43. The normalized spacial score (nSPS) is 12.2. The summed E-state index contributed by atoms with van der Waals surface area (Å²) in [5.74, 6) is -0.200. The number of primary amides is 1. The SMILES string of the molecule is CC(C)[C@H](Sc1nnc(-c2ccccc2Br)o1)C(=O)NC(N)=O. The molecule has 0 aliphatic rings. The molecular weight excluding hydrogens is 384 g/mol. The smallest absolute Gasteiger partial charge is 0.318 e. The van der Waals surface area contributed by atoms with E-state index in [2.05, 4.69) is 31.4 Å². The molecule has 1 atom stereocenters. The van der Waals surface area contributed by atoms with E-state index < -0.39 is 17.2 Å². The molecule has 1 aromatic heterocycles. The minimum atomic E-state index is -0.888. The maximum Gasteiger partial charge on any atom is 0.318 e. The first-order valence-electron chi connectivity index (χ1n) is 6.74. The highest BCUT2D eigenvalue weighted by Crippen LogP contribution is 2.32. The Balaban J connectivity index is 2.18. The van der Waals surface area contributed by atoms with Crippen molar-refractivity contribution in [3.63, 3.8) is 0 Å². The first-order chi connectivity index (χ1) is 10.9. The minimum absolute atomic E-state index is 0.0573. The van der Waals surface area contributed by atoms with Crippen LogP contribution in [0.2, 0.25) is 0 Å². The molecule has 2 rings (SSSR count). The number of rotatable bonds is 5. The number of halogens is 1. The summed E-state index contributed by atoms with van der Waals surface area (Å²) in [6.45, 7) is 3.70. The Hall–Kier alpha value is -1.87. The zero-order valence-corrected chi connectivity index (χ0v) is 14.8. The highest BCUT2D eigenvalue weighted by Gasteiger charge is 2.27. The Labute approximate surface area is 145 Å². The van der Waals surface area contributed by atoms with E-state index in [9.17, 15) is 9.59 Å². The van der Waals surface area contributed by atoms with Gasteiger partial charge in [-0.15, -0.1) is 10.2 Å². The second-order valence-corrected chi connectivity index (χ2v) is 6.94. The van der Waals surface area contributed by atoms with Gasteiger partial charge in [0.25, 0.3) is 5.22 Å². The lowest BCUT2D eigenvalue weighted by molar-refractivity contribution is -0.120. The lowest BCUT2D eigenvalue weighted by Crippen LogP contribution is -2.42. The second kappa shape index (κ2) is 7.60. The standard InChI is InChI=1S/C14H15BrN4O3S/c1-7(2)10(11(20)17-13(16)21)23-14-19-18-12(22-14)8-5-3-4-6-9(8)15/h3-7,10H,1-2H3,(H3,16,17,20,21)/t10-/m0/s1. The van der Waals surface area contributed by atoms with Gasteiger partial charge in [-0.25, -0.2) is 4.79 Å². The van der Waals surface area contributed by atoms with Crippen LogP contribution in [-0.2, 0) is 4.79 Å². The summed E-state index contributed by atoms with van der Waals surface area (Å²) >= 11 is 4.51. The van der Waals surface area contributed by atoms with Gasteiger partial charge >= 0.3 is 6.03 Å². The molecule has 1 aromatic carbocycles. The average Bonchev–Trinajstić information content (AvgIpc) is 2.92. The quantitative estimate of drug-likeness (QED) is 0.748. The molecule has 23 heavy (non-hydrogen) atoms. The number of carbonyl (C=O) groups is 2. The Morgan fingerprint density at radius 3 is 2.61 bits per heavy atom. The van der Waals surface area contributed by atoms with Crippen molar-refractivity contribution in [3.8, 4) is 11.5 Å². The van der Waals surface area contributed by atoms with Gasteiger partial charge < -0.3 is 10.2 Å². The lowest BCUT2D eigenvalue weighted by Gasteiger charge is -2.16. The van der Waals surface area contributed by atoms with Gasteiger partial charge in [0.2, 0.25) is 11.8 Å². The van der Waals surface area contributed by atoms with Gasteiger partial charge in [0.05, 0.1) is 10.8 Å². The van der Waals surface area contributed by atoms with E-state index in [0.717, 1.165) is 21.8 Å². The molecule has 3 amide bonds. The fraction of sp³-hybridized carbons (Fsp3) is 0.286. The van der Waals surface area contributed by atoms with Gasteiger partial charge in [0, 0.05) is 4.47 Å². The van der Waals surface area contributed by atoms with E-state index in [1.54, 1.807) is 0 Å². The van der Waals surface area contributed by atoms with Crippen LogP contribution in [0.5, 0.6) is 0 Å². The fourth-order valence-corrected chi connectivity index (χ4v) is 3.12. The third-order valence-electron chi connectivity index (χ3n) is 2.85. The van der Waals surface area contributed by atoms with Crippen LogP contribution in [0.15, 0.2) is 38.4 Å². The lowest BCUT2D eigenvalue weighted by atomic mass is 10.1. The van der Waals surface area contributed by atoms with Crippen molar-refractivity contribution < 1.29 is 14.0 Å². The minimum Gasteiger partial charge on any atom is -0.411 e. The maximum atomic E-state index is 12.0. The first-order valence-corrected chi connectivity index (χ1v) is 8.41. The molecule has 3 N–H and O–H groups in total. The molecule has 0 bridgehead atoms. The van der Waals surface area contributed by atoms with Gasteiger partial charge in [-0.2, -0.15) is 0 Å². The number of urea groups is 1. The second-order valence-electron chi connectivity index (χ2n) is 4.99. The molecular formula is C14H15BrN4O3S. The molecule has 122 valence electrons. The predicted molar refractivity (Wildman–Crippen MR) is 89.6 cm³/mol. The fourth-order valence-electron chi connectivity index (χ4n) is 1.79. The number of aromatic nitrogens is 2. The van der Waals surface area contributed by atoms with Crippen LogP contribution in [0.1, 0.15) is 13.8 Å². The number of nitrogens with one attached hydrogen (secondary N) is 1. The van der Waals surface area contributed by atoms with Crippen molar-refractivity contribution in [2.24, 2.45) is 11.7 Å². The van der Waals surface area contributed by atoms with E-state index >= 15 is 0 Å². The van der Waals surface area contributed by atoms with Gasteiger partial charge in [-0.1, -0.05) is 37.7 Å².